The Hall–Kier alpha value is -2.82. The van der Waals surface area contributed by atoms with E-state index in [1.807, 2.05) is 55.5 Å². The highest BCUT2D eigenvalue weighted by atomic mass is 16.2. The molecule has 0 heterocycles. The lowest BCUT2D eigenvalue weighted by atomic mass is 10.1. The number of anilines is 2. The third kappa shape index (κ3) is 6.13. The molecule has 0 saturated carbocycles. The summed E-state index contributed by atoms with van der Waals surface area (Å²) in [5.41, 5.74) is 4.03. The molecule has 2 rings (SSSR count). The first-order valence-corrected chi connectivity index (χ1v) is 9.38. The number of hydrogen-bond donors (Lipinski definition) is 1. The lowest BCUT2D eigenvalue weighted by Crippen LogP contribution is -2.36. The standard InChI is InChI=1S/C22H29N3O2/c1-5-24(6-2)21-13-11-20(12-14-21)23-22(27)16-25(18(4)26)15-19-9-7-17(3)8-10-19/h7-14H,5-6,15-16H2,1-4H3,(H,23,27). The maximum Gasteiger partial charge on any atom is 0.244 e. The van der Waals surface area contributed by atoms with Crippen molar-refractivity contribution in [3.05, 3.63) is 59.7 Å². The van der Waals surface area contributed by atoms with Crippen molar-refractivity contribution >= 4 is 23.2 Å². The van der Waals surface area contributed by atoms with Gasteiger partial charge in [-0.05, 0) is 50.6 Å². The highest BCUT2D eigenvalue weighted by Crippen LogP contribution is 2.17. The van der Waals surface area contributed by atoms with Gasteiger partial charge in [0.25, 0.3) is 0 Å². The van der Waals surface area contributed by atoms with Gasteiger partial charge in [-0.15, -0.1) is 0 Å². The molecule has 1 N–H and O–H groups in total. The van der Waals surface area contributed by atoms with Gasteiger partial charge in [0.2, 0.25) is 11.8 Å². The number of carbonyl (C=O) groups excluding carboxylic acids is 2. The van der Waals surface area contributed by atoms with Gasteiger partial charge >= 0.3 is 0 Å². The molecule has 5 heteroatoms. The lowest BCUT2D eigenvalue weighted by molar-refractivity contribution is -0.133. The summed E-state index contributed by atoms with van der Waals surface area (Å²) in [6.07, 6.45) is 0. The summed E-state index contributed by atoms with van der Waals surface area (Å²) in [4.78, 5) is 28.1. The molecule has 0 radical (unpaired) electrons. The van der Waals surface area contributed by atoms with Gasteiger partial charge in [-0.2, -0.15) is 0 Å². The smallest absolute Gasteiger partial charge is 0.244 e. The minimum absolute atomic E-state index is 0.0288. The zero-order valence-electron chi connectivity index (χ0n) is 16.7. The Morgan fingerprint density at radius 3 is 2.04 bits per heavy atom. The number of rotatable bonds is 8. The van der Waals surface area contributed by atoms with Crippen molar-refractivity contribution in [1.29, 1.82) is 0 Å². The quantitative estimate of drug-likeness (QED) is 0.771. The van der Waals surface area contributed by atoms with Gasteiger partial charge in [-0.25, -0.2) is 0 Å². The van der Waals surface area contributed by atoms with Gasteiger partial charge in [-0.3, -0.25) is 9.59 Å². The first-order chi connectivity index (χ1) is 12.9. The van der Waals surface area contributed by atoms with E-state index in [1.165, 1.54) is 12.5 Å². The van der Waals surface area contributed by atoms with Crippen LogP contribution in [0.15, 0.2) is 48.5 Å². The van der Waals surface area contributed by atoms with Crippen molar-refractivity contribution in [3.8, 4) is 0 Å². The average Bonchev–Trinajstić information content (AvgIpc) is 2.65. The van der Waals surface area contributed by atoms with Crippen molar-refractivity contribution in [2.75, 3.05) is 29.9 Å². The first kappa shape index (κ1) is 20.5. The van der Waals surface area contributed by atoms with Gasteiger partial charge in [0, 0.05) is 37.9 Å². The molecule has 0 aliphatic heterocycles. The lowest BCUT2D eigenvalue weighted by Gasteiger charge is -2.22. The van der Waals surface area contributed by atoms with Crippen LogP contribution in [0.2, 0.25) is 0 Å². The predicted molar refractivity (Wildman–Crippen MR) is 111 cm³/mol. The Morgan fingerprint density at radius 2 is 1.52 bits per heavy atom. The minimum atomic E-state index is -0.201. The SMILES string of the molecule is CCN(CC)c1ccc(NC(=O)CN(Cc2ccc(C)cc2)C(C)=O)cc1. The second-order valence-electron chi connectivity index (χ2n) is 6.63. The van der Waals surface area contributed by atoms with Crippen LogP contribution in [0.3, 0.4) is 0 Å². The fraction of sp³-hybridized carbons (Fsp3) is 0.364. The molecule has 0 bridgehead atoms. The molecule has 0 saturated heterocycles. The van der Waals surface area contributed by atoms with E-state index in [0.717, 1.165) is 30.0 Å². The fourth-order valence-corrected chi connectivity index (χ4v) is 2.91. The third-order valence-electron chi connectivity index (χ3n) is 4.55. The number of nitrogens with zero attached hydrogens (tertiary/aromatic N) is 2. The van der Waals surface area contributed by atoms with Crippen LogP contribution in [0.25, 0.3) is 0 Å². The highest BCUT2D eigenvalue weighted by Gasteiger charge is 2.14. The second-order valence-corrected chi connectivity index (χ2v) is 6.63. The van der Waals surface area contributed by atoms with E-state index in [1.54, 1.807) is 4.90 Å². The molecule has 2 aromatic carbocycles. The number of hydrogen-bond acceptors (Lipinski definition) is 3. The van der Waals surface area contributed by atoms with Crippen molar-refractivity contribution in [2.45, 2.75) is 34.2 Å². The van der Waals surface area contributed by atoms with Crippen molar-refractivity contribution in [3.63, 3.8) is 0 Å². The van der Waals surface area contributed by atoms with Crippen molar-refractivity contribution < 1.29 is 9.59 Å². The van der Waals surface area contributed by atoms with Crippen LogP contribution in [-0.2, 0) is 16.1 Å². The van der Waals surface area contributed by atoms with Crippen LogP contribution in [0, 0.1) is 6.92 Å². The topological polar surface area (TPSA) is 52.7 Å². The Morgan fingerprint density at radius 1 is 0.926 bits per heavy atom. The van der Waals surface area contributed by atoms with E-state index in [-0.39, 0.29) is 18.4 Å². The molecule has 2 amide bonds. The molecule has 0 aliphatic rings. The van der Waals surface area contributed by atoms with E-state index in [4.69, 9.17) is 0 Å². The number of benzene rings is 2. The molecule has 144 valence electrons. The van der Waals surface area contributed by atoms with Crippen molar-refractivity contribution in [2.24, 2.45) is 0 Å². The summed E-state index contributed by atoms with van der Waals surface area (Å²) in [5, 5.41) is 2.87. The summed E-state index contributed by atoms with van der Waals surface area (Å²) in [6, 6.07) is 15.8. The zero-order chi connectivity index (χ0) is 19.8. The zero-order valence-corrected chi connectivity index (χ0v) is 16.7. The Labute approximate surface area is 162 Å². The van der Waals surface area contributed by atoms with Crippen LogP contribution < -0.4 is 10.2 Å². The number of nitrogens with one attached hydrogen (secondary N) is 1. The molecular formula is C22H29N3O2. The summed E-state index contributed by atoms with van der Waals surface area (Å²) >= 11 is 0. The van der Waals surface area contributed by atoms with Crippen LogP contribution >= 0.6 is 0 Å². The van der Waals surface area contributed by atoms with Crippen LogP contribution in [0.5, 0.6) is 0 Å². The van der Waals surface area contributed by atoms with Crippen LogP contribution in [0.1, 0.15) is 31.9 Å². The summed E-state index contributed by atoms with van der Waals surface area (Å²) in [5.74, 6) is -0.324. The van der Waals surface area contributed by atoms with E-state index in [9.17, 15) is 9.59 Å². The van der Waals surface area contributed by atoms with Gasteiger partial charge in [0.15, 0.2) is 0 Å². The van der Waals surface area contributed by atoms with Gasteiger partial charge in [-0.1, -0.05) is 29.8 Å². The molecule has 27 heavy (non-hydrogen) atoms. The Bertz CT molecular complexity index is 750. The van der Waals surface area contributed by atoms with E-state index in [2.05, 4.69) is 24.1 Å². The Balaban J connectivity index is 1.97. The van der Waals surface area contributed by atoms with Gasteiger partial charge in [0.1, 0.15) is 6.54 Å². The average molecular weight is 367 g/mol. The largest absolute Gasteiger partial charge is 0.372 e. The molecule has 0 aromatic heterocycles. The number of carbonyl (C=O) groups is 2. The highest BCUT2D eigenvalue weighted by molar-refractivity contribution is 5.94. The van der Waals surface area contributed by atoms with Gasteiger partial charge < -0.3 is 15.1 Å². The first-order valence-electron chi connectivity index (χ1n) is 9.38. The molecular weight excluding hydrogens is 338 g/mol. The van der Waals surface area contributed by atoms with Crippen LogP contribution in [-0.4, -0.2) is 36.3 Å². The molecule has 0 fully saturated rings. The van der Waals surface area contributed by atoms with Crippen LogP contribution in [0.4, 0.5) is 11.4 Å². The second kappa shape index (κ2) is 9.76. The molecule has 0 unspecified atom stereocenters. The molecule has 0 spiro atoms. The monoisotopic (exact) mass is 367 g/mol. The summed E-state index contributed by atoms with van der Waals surface area (Å²) < 4.78 is 0. The summed E-state index contributed by atoms with van der Waals surface area (Å²) in [6.45, 7) is 10.1. The number of amides is 2. The molecule has 2 aromatic rings. The fourth-order valence-electron chi connectivity index (χ4n) is 2.91. The van der Waals surface area contributed by atoms with Gasteiger partial charge in [0.05, 0.1) is 0 Å². The molecule has 5 nitrogen and oxygen atoms in total. The Kier molecular flexibility index (Phi) is 7.41. The number of aryl methyl sites for hydroxylation is 1. The molecule has 0 atom stereocenters. The van der Waals surface area contributed by atoms with E-state index < -0.39 is 0 Å². The molecule has 0 aliphatic carbocycles. The maximum absolute atomic E-state index is 12.4. The normalized spacial score (nSPS) is 10.4. The minimum Gasteiger partial charge on any atom is -0.372 e. The maximum atomic E-state index is 12.4. The third-order valence-corrected chi connectivity index (χ3v) is 4.55. The summed E-state index contributed by atoms with van der Waals surface area (Å²) in [7, 11) is 0. The predicted octanol–water partition coefficient (Wildman–Crippen LogP) is 3.83. The van der Waals surface area contributed by atoms with Crippen molar-refractivity contribution in [1.82, 2.24) is 4.90 Å². The van der Waals surface area contributed by atoms with E-state index >= 15 is 0 Å². The van der Waals surface area contributed by atoms with E-state index in [0.29, 0.717) is 6.54 Å².